The van der Waals surface area contributed by atoms with E-state index in [0.29, 0.717) is 18.2 Å². The zero-order valence-corrected chi connectivity index (χ0v) is 42.0. The van der Waals surface area contributed by atoms with Gasteiger partial charge in [0.15, 0.2) is 0 Å². The van der Waals surface area contributed by atoms with Crippen molar-refractivity contribution < 1.29 is 24.5 Å². The number of furan rings is 1. The van der Waals surface area contributed by atoms with Crippen LogP contribution in [0.25, 0.3) is 77.3 Å². The maximum Gasteiger partial charge on any atom is 0.216 e. The van der Waals surface area contributed by atoms with Crippen LogP contribution in [-0.4, -0.2) is 32.8 Å². The van der Waals surface area contributed by atoms with E-state index < -0.39 is 13.3 Å². The van der Waals surface area contributed by atoms with Gasteiger partial charge in [0.1, 0.15) is 0 Å². The molecule has 1 unspecified atom stereocenters. The molecular weight excluding hydrogens is 1010 g/mol. The van der Waals surface area contributed by atoms with Gasteiger partial charge in [0.25, 0.3) is 0 Å². The second kappa shape index (κ2) is 18.4. The smallest absolute Gasteiger partial charge is 0.216 e. The van der Waals surface area contributed by atoms with Crippen LogP contribution in [0, 0.1) is 25.0 Å². The van der Waals surface area contributed by atoms with Gasteiger partial charge in [0.2, 0.25) is 5.71 Å². The van der Waals surface area contributed by atoms with E-state index in [1.165, 1.54) is 44.7 Å². The number of aromatic nitrogens is 4. The topological polar surface area (TPSA) is 56.7 Å². The maximum absolute atomic E-state index is 6.41. The van der Waals surface area contributed by atoms with Crippen molar-refractivity contribution in [3.63, 3.8) is 0 Å². The van der Waals surface area contributed by atoms with Crippen molar-refractivity contribution in [2.45, 2.75) is 77.2 Å². The molecule has 0 aliphatic heterocycles. The fraction of sp³-hybridized carbons (Fsp3) is 0.232. The van der Waals surface area contributed by atoms with E-state index in [-0.39, 0.29) is 20.1 Å². The van der Waals surface area contributed by atoms with Crippen molar-refractivity contribution in [1.29, 1.82) is 0 Å². The van der Waals surface area contributed by atoms with Crippen molar-refractivity contribution in [3.05, 3.63) is 168 Å². The second-order valence-electron chi connectivity index (χ2n) is 18.1. The first-order valence-corrected chi connectivity index (χ1v) is 29.4. The molecule has 319 valence electrons. The zero-order valence-electron chi connectivity index (χ0n) is 37.5. The molecule has 7 heteroatoms. The summed E-state index contributed by atoms with van der Waals surface area (Å²) in [4.78, 5) is 14.6. The number of pyridine rings is 2. The fourth-order valence-corrected chi connectivity index (χ4v) is 12.4. The number of hydrogen-bond acceptors (Lipinski definition) is 4. The Morgan fingerprint density at radius 1 is 0.714 bits per heavy atom. The summed E-state index contributed by atoms with van der Waals surface area (Å²) in [6.07, 6.45) is 4.54. The molecule has 6 aromatic carbocycles. The first-order valence-electron chi connectivity index (χ1n) is 22.0. The minimum atomic E-state index is -1.87. The summed E-state index contributed by atoms with van der Waals surface area (Å²) in [5, 5.41) is 7.21. The van der Waals surface area contributed by atoms with Gasteiger partial charge >= 0.3 is 132 Å². The monoisotopic (exact) mass is 1070 g/mol. The van der Waals surface area contributed by atoms with Gasteiger partial charge in [-0.3, -0.25) is 4.98 Å². The van der Waals surface area contributed by atoms with Gasteiger partial charge < -0.3 is 8.98 Å². The average Bonchev–Trinajstić information content (AvgIpc) is 3.84. The van der Waals surface area contributed by atoms with Crippen molar-refractivity contribution in [1.82, 2.24) is 19.5 Å². The third kappa shape index (κ3) is 8.66. The molecule has 5 nitrogen and oxygen atoms in total. The van der Waals surface area contributed by atoms with E-state index in [1.807, 2.05) is 37.3 Å². The third-order valence-corrected chi connectivity index (χ3v) is 16.7. The van der Waals surface area contributed by atoms with Gasteiger partial charge in [-0.1, -0.05) is 85.5 Å². The van der Waals surface area contributed by atoms with Crippen LogP contribution >= 0.6 is 0 Å². The molecular formula is C56H54GeIrN4O-2. The van der Waals surface area contributed by atoms with E-state index in [2.05, 4.69) is 170 Å². The maximum atomic E-state index is 6.41. The minimum absolute atomic E-state index is 0. The first-order chi connectivity index (χ1) is 30.0. The van der Waals surface area contributed by atoms with Crippen LogP contribution in [0.1, 0.15) is 62.4 Å². The summed E-state index contributed by atoms with van der Waals surface area (Å²) >= 11 is -1.87. The van der Waals surface area contributed by atoms with Gasteiger partial charge in [-0.15, -0.1) is 18.2 Å². The van der Waals surface area contributed by atoms with Crippen LogP contribution in [0.3, 0.4) is 0 Å². The molecule has 0 amide bonds. The predicted molar refractivity (Wildman–Crippen MR) is 263 cm³/mol. The first kappa shape index (κ1) is 44.2. The molecule has 1 atom stereocenters. The largest absolute Gasteiger partial charge is 0.486 e. The van der Waals surface area contributed by atoms with Gasteiger partial charge in [0.05, 0.1) is 22.4 Å². The number of fused-ring (bicyclic) bond motifs is 7. The normalized spacial score (nSPS) is 12.3. The summed E-state index contributed by atoms with van der Waals surface area (Å²) in [5.74, 6) is 9.27. The molecule has 0 bridgehead atoms. The Kier molecular flexibility index (Phi) is 12.9. The van der Waals surface area contributed by atoms with Crippen molar-refractivity contribution in [2.75, 3.05) is 0 Å². The average molecular weight is 1060 g/mol. The molecule has 63 heavy (non-hydrogen) atoms. The Labute approximate surface area is 387 Å². The molecule has 0 aliphatic carbocycles. The number of aryl methyl sites for hydroxylation is 1. The molecule has 4 aromatic heterocycles. The molecule has 1 radical (unpaired) electrons. The van der Waals surface area contributed by atoms with Crippen molar-refractivity contribution in [2.24, 2.45) is 5.92 Å². The van der Waals surface area contributed by atoms with Crippen molar-refractivity contribution >= 4 is 72.3 Å². The van der Waals surface area contributed by atoms with Crippen LogP contribution in [-0.2, 0) is 33.1 Å². The van der Waals surface area contributed by atoms with Gasteiger partial charge in [-0.25, -0.2) is 4.98 Å². The Morgan fingerprint density at radius 3 is 2.13 bits per heavy atom. The van der Waals surface area contributed by atoms with E-state index in [9.17, 15) is 0 Å². The third-order valence-electron chi connectivity index (χ3n) is 12.3. The van der Waals surface area contributed by atoms with Crippen LogP contribution in [0.2, 0.25) is 17.3 Å². The molecule has 10 rings (SSSR count). The summed E-state index contributed by atoms with van der Waals surface area (Å²) in [5.41, 5.74) is 11.6. The van der Waals surface area contributed by atoms with E-state index in [0.717, 1.165) is 68.1 Å². The number of hydrogen-bond donors (Lipinski definition) is 0. The van der Waals surface area contributed by atoms with Crippen LogP contribution in [0.4, 0.5) is 0 Å². The summed E-state index contributed by atoms with van der Waals surface area (Å²) in [6, 6.07) is 51.3. The quantitative estimate of drug-likeness (QED) is 0.0821. The number of rotatable bonds is 9. The molecule has 0 aliphatic rings. The number of imidazole rings is 1. The Hall–Kier alpha value is -5.40. The van der Waals surface area contributed by atoms with Gasteiger partial charge in [-0.2, -0.15) is 0 Å². The number of nitrogens with zero attached hydrogens (tertiary/aromatic N) is 4. The molecule has 10 aromatic rings. The molecule has 4 heterocycles. The van der Waals surface area contributed by atoms with E-state index >= 15 is 0 Å². The second-order valence-corrected chi connectivity index (χ2v) is 28.7. The zero-order chi connectivity index (χ0) is 43.1. The van der Waals surface area contributed by atoms with Crippen molar-refractivity contribution in [3.8, 4) is 22.6 Å². The van der Waals surface area contributed by atoms with E-state index in [1.54, 1.807) is 4.40 Å². The Morgan fingerprint density at radius 2 is 1.41 bits per heavy atom. The van der Waals surface area contributed by atoms with Crippen LogP contribution in [0.15, 0.2) is 138 Å². The molecule has 0 spiro atoms. The SMILES string of the molecule is CCC(C)Cc1cc(-c2[c-]cccc2)nc[c]1[Ge]([CH3])([CH3])[CH3].Cc1ccc2c(n1)oc1c(-c3nc4ccccc4n3Cc3c(C(C)C)c4ccccc4c4ccccc34)[c-]ccc12.[Ir]. The number of benzene rings is 6. The summed E-state index contributed by atoms with van der Waals surface area (Å²) in [6.45, 7) is 11.9. The van der Waals surface area contributed by atoms with E-state index in [4.69, 9.17) is 14.4 Å². The standard InChI is InChI=1S/C37H28N3O.C19H26GeN.Ir/c1-22(2)34-27-14-7-6-12-25(27)24-11-4-5-13-26(24)31(34)21-40-33-18-9-8-17-32(33)39-36(40)30-16-10-15-28-29-20-19-23(3)38-37(29)41-35(28)30;1-6-15(2)12-17-13-19(16-10-8-7-9-11-16)21-14-18(17)20(3,4)5;/h4-15,17-20,22H,21H2,1-3H3;7-10,13-15H,6,12H2,1-5H3;/q2*-1;. The fourth-order valence-electron chi connectivity index (χ4n) is 9.10. The molecule has 0 saturated heterocycles. The van der Waals surface area contributed by atoms with Gasteiger partial charge in [0, 0.05) is 37.7 Å². The summed E-state index contributed by atoms with van der Waals surface area (Å²) < 4.78 is 10.3. The molecule has 0 N–H and O–H groups in total. The minimum Gasteiger partial charge on any atom is -0.486 e. The Bertz CT molecular complexity index is 3230. The van der Waals surface area contributed by atoms with Crippen LogP contribution < -0.4 is 4.40 Å². The Balaban J connectivity index is 0.000000210. The predicted octanol–water partition coefficient (Wildman–Crippen LogP) is 14.3. The molecule has 0 saturated carbocycles. The van der Waals surface area contributed by atoms with Crippen LogP contribution in [0.5, 0.6) is 0 Å². The van der Waals surface area contributed by atoms with Gasteiger partial charge in [-0.05, 0) is 69.8 Å². The number of para-hydroxylation sites is 2. The summed E-state index contributed by atoms with van der Waals surface area (Å²) in [7, 11) is 0. The molecule has 0 fully saturated rings.